The Bertz CT molecular complexity index is 712. The monoisotopic (exact) mass is 325 g/mol. The van der Waals surface area contributed by atoms with Crippen LogP contribution in [-0.4, -0.2) is 34.5 Å². The zero-order chi connectivity index (χ0) is 16.9. The highest BCUT2D eigenvalue weighted by Gasteiger charge is 2.30. The molecule has 1 atom stereocenters. The van der Waals surface area contributed by atoms with E-state index in [0.29, 0.717) is 17.9 Å². The van der Waals surface area contributed by atoms with E-state index in [9.17, 15) is 9.59 Å². The lowest BCUT2D eigenvalue weighted by Crippen LogP contribution is -2.36. The van der Waals surface area contributed by atoms with Crippen molar-refractivity contribution in [2.45, 2.75) is 25.3 Å². The van der Waals surface area contributed by atoms with Crippen molar-refractivity contribution in [2.24, 2.45) is 0 Å². The highest BCUT2D eigenvalue weighted by atomic mass is 16.5. The number of para-hydroxylation sites is 1. The van der Waals surface area contributed by atoms with Crippen molar-refractivity contribution in [3.8, 4) is 11.5 Å². The van der Waals surface area contributed by atoms with Gasteiger partial charge in [0.05, 0.1) is 6.42 Å². The van der Waals surface area contributed by atoms with Crippen molar-refractivity contribution in [3.63, 3.8) is 0 Å². The number of aliphatic carboxylic acids is 1. The molecule has 1 aliphatic heterocycles. The smallest absolute Gasteiger partial charge is 0.305 e. The molecule has 1 amide bonds. The van der Waals surface area contributed by atoms with Gasteiger partial charge in [0.2, 0.25) is 0 Å². The van der Waals surface area contributed by atoms with Crippen LogP contribution >= 0.6 is 0 Å². The molecule has 2 aromatic rings. The van der Waals surface area contributed by atoms with E-state index in [1.165, 1.54) is 0 Å². The lowest BCUT2D eigenvalue weighted by Gasteiger charge is -2.23. The van der Waals surface area contributed by atoms with Crippen molar-refractivity contribution in [2.75, 3.05) is 6.54 Å². The molecule has 24 heavy (non-hydrogen) atoms. The summed E-state index contributed by atoms with van der Waals surface area (Å²) in [7, 11) is 0. The first kappa shape index (κ1) is 16.1. The fraction of sp³-hybridized carbons (Fsp3) is 0.263. The molecule has 1 heterocycles. The van der Waals surface area contributed by atoms with E-state index in [-0.39, 0.29) is 18.4 Å². The van der Waals surface area contributed by atoms with E-state index >= 15 is 0 Å². The summed E-state index contributed by atoms with van der Waals surface area (Å²) in [6.07, 6.45) is 1.59. The Morgan fingerprint density at radius 1 is 1.04 bits per heavy atom. The number of hydrogen-bond donors (Lipinski definition) is 1. The molecule has 5 nitrogen and oxygen atoms in total. The number of carboxylic acids is 1. The third kappa shape index (κ3) is 3.74. The molecule has 0 saturated carbocycles. The molecule has 0 aromatic heterocycles. The second-order valence-corrected chi connectivity index (χ2v) is 5.83. The molecule has 3 rings (SSSR count). The maximum atomic E-state index is 12.6. The van der Waals surface area contributed by atoms with E-state index in [2.05, 4.69) is 0 Å². The first-order chi connectivity index (χ1) is 11.6. The average molecular weight is 325 g/mol. The standard InChI is InChI=1S/C19H19NO4/c21-18(22)13-15-5-4-12-20(15)19(23)14-8-10-17(11-9-14)24-16-6-2-1-3-7-16/h1-3,6-11,15H,4-5,12-13H2,(H,21,22). The van der Waals surface area contributed by atoms with Crippen LogP contribution in [0.1, 0.15) is 29.6 Å². The van der Waals surface area contributed by atoms with Gasteiger partial charge in [-0.15, -0.1) is 0 Å². The zero-order valence-corrected chi connectivity index (χ0v) is 13.2. The van der Waals surface area contributed by atoms with Crippen molar-refractivity contribution in [1.82, 2.24) is 4.90 Å². The number of carbonyl (C=O) groups is 2. The van der Waals surface area contributed by atoms with Gasteiger partial charge in [-0.25, -0.2) is 0 Å². The highest BCUT2D eigenvalue weighted by Crippen LogP contribution is 2.25. The Morgan fingerprint density at radius 3 is 2.38 bits per heavy atom. The molecule has 1 N–H and O–H groups in total. The molecule has 1 aliphatic rings. The van der Waals surface area contributed by atoms with Crippen LogP contribution in [0.15, 0.2) is 54.6 Å². The molecule has 0 aliphatic carbocycles. The molecular weight excluding hydrogens is 306 g/mol. The summed E-state index contributed by atoms with van der Waals surface area (Å²) in [5, 5.41) is 8.97. The first-order valence-corrected chi connectivity index (χ1v) is 7.99. The van der Waals surface area contributed by atoms with Gasteiger partial charge in [-0.3, -0.25) is 9.59 Å². The van der Waals surface area contributed by atoms with Crippen LogP contribution in [0.2, 0.25) is 0 Å². The number of likely N-dealkylation sites (tertiary alicyclic amines) is 1. The van der Waals surface area contributed by atoms with Gasteiger partial charge in [-0.1, -0.05) is 18.2 Å². The molecule has 124 valence electrons. The van der Waals surface area contributed by atoms with Crippen LogP contribution in [0.25, 0.3) is 0 Å². The largest absolute Gasteiger partial charge is 0.481 e. The summed E-state index contributed by atoms with van der Waals surface area (Å²) in [6, 6.07) is 16.2. The molecule has 0 radical (unpaired) electrons. The summed E-state index contributed by atoms with van der Waals surface area (Å²) in [4.78, 5) is 25.2. The lowest BCUT2D eigenvalue weighted by atomic mass is 10.1. The summed E-state index contributed by atoms with van der Waals surface area (Å²) in [5.41, 5.74) is 0.549. The van der Waals surface area contributed by atoms with Crippen LogP contribution in [-0.2, 0) is 4.79 Å². The predicted octanol–water partition coefficient (Wildman–Crippen LogP) is 3.56. The summed E-state index contributed by atoms with van der Waals surface area (Å²) < 4.78 is 5.71. The lowest BCUT2D eigenvalue weighted by molar-refractivity contribution is -0.137. The molecule has 1 unspecified atom stereocenters. The Balaban J connectivity index is 1.68. The van der Waals surface area contributed by atoms with Gasteiger partial charge in [0.1, 0.15) is 11.5 Å². The van der Waals surface area contributed by atoms with Crippen LogP contribution in [0.4, 0.5) is 0 Å². The number of hydrogen-bond acceptors (Lipinski definition) is 3. The Morgan fingerprint density at radius 2 is 1.71 bits per heavy atom. The molecular formula is C19H19NO4. The minimum atomic E-state index is -0.869. The number of amides is 1. The third-order valence-corrected chi connectivity index (χ3v) is 4.13. The normalized spacial score (nSPS) is 16.8. The van der Waals surface area contributed by atoms with Gasteiger partial charge in [-0.2, -0.15) is 0 Å². The number of nitrogens with zero attached hydrogens (tertiary/aromatic N) is 1. The second-order valence-electron chi connectivity index (χ2n) is 5.83. The van der Waals surface area contributed by atoms with E-state index in [0.717, 1.165) is 18.6 Å². The molecule has 0 spiro atoms. The van der Waals surface area contributed by atoms with Crippen LogP contribution in [0, 0.1) is 0 Å². The van der Waals surface area contributed by atoms with Gasteiger partial charge in [0.15, 0.2) is 0 Å². The number of ether oxygens (including phenoxy) is 1. The van der Waals surface area contributed by atoms with Gasteiger partial charge < -0.3 is 14.7 Å². The van der Waals surface area contributed by atoms with Crippen molar-refractivity contribution in [1.29, 1.82) is 0 Å². The van der Waals surface area contributed by atoms with Crippen molar-refractivity contribution < 1.29 is 19.4 Å². The minimum absolute atomic E-state index is 0.000934. The van der Waals surface area contributed by atoms with E-state index in [1.54, 1.807) is 29.2 Å². The SMILES string of the molecule is O=C(O)CC1CCCN1C(=O)c1ccc(Oc2ccccc2)cc1. The molecule has 5 heteroatoms. The number of rotatable bonds is 5. The number of carboxylic acid groups (broad SMARTS) is 1. The summed E-state index contributed by atoms with van der Waals surface area (Å²) >= 11 is 0. The van der Waals surface area contributed by atoms with Crippen molar-refractivity contribution >= 4 is 11.9 Å². The zero-order valence-electron chi connectivity index (χ0n) is 13.2. The molecule has 1 saturated heterocycles. The van der Waals surface area contributed by atoms with Crippen LogP contribution in [0.3, 0.4) is 0 Å². The molecule has 2 aromatic carbocycles. The van der Waals surface area contributed by atoms with E-state index < -0.39 is 5.97 Å². The Hall–Kier alpha value is -2.82. The second kappa shape index (κ2) is 7.17. The fourth-order valence-corrected chi connectivity index (χ4v) is 2.97. The quantitative estimate of drug-likeness (QED) is 0.913. The summed E-state index contributed by atoms with van der Waals surface area (Å²) in [5.74, 6) is 0.398. The fourth-order valence-electron chi connectivity index (χ4n) is 2.97. The topological polar surface area (TPSA) is 66.8 Å². The van der Waals surface area contributed by atoms with Gasteiger partial charge in [0.25, 0.3) is 5.91 Å². The number of carbonyl (C=O) groups excluding carboxylic acids is 1. The van der Waals surface area contributed by atoms with E-state index in [4.69, 9.17) is 9.84 Å². The highest BCUT2D eigenvalue weighted by molar-refractivity contribution is 5.95. The Kier molecular flexibility index (Phi) is 4.79. The summed E-state index contributed by atoms with van der Waals surface area (Å²) in [6.45, 7) is 0.610. The average Bonchev–Trinajstić information content (AvgIpc) is 3.03. The third-order valence-electron chi connectivity index (χ3n) is 4.13. The van der Waals surface area contributed by atoms with Crippen LogP contribution < -0.4 is 4.74 Å². The first-order valence-electron chi connectivity index (χ1n) is 7.99. The van der Waals surface area contributed by atoms with E-state index in [1.807, 2.05) is 30.3 Å². The molecule has 0 bridgehead atoms. The van der Waals surface area contributed by atoms with Crippen LogP contribution in [0.5, 0.6) is 11.5 Å². The Labute approximate surface area is 140 Å². The number of benzene rings is 2. The van der Waals surface area contributed by atoms with Gasteiger partial charge >= 0.3 is 5.97 Å². The maximum Gasteiger partial charge on any atom is 0.305 e. The molecule has 1 fully saturated rings. The van der Waals surface area contributed by atoms with Gasteiger partial charge in [0, 0.05) is 18.2 Å². The minimum Gasteiger partial charge on any atom is -0.481 e. The predicted molar refractivity (Wildman–Crippen MR) is 89.3 cm³/mol. The maximum absolute atomic E-state index is 12.6. The van der Waals surface area contributed by atoms with Crippen molar-refractivity contribution in [3.05, 3.63) is 60.2 Å². The van der Waals surface area contributed by atoms with Gasteiger partial charge in [-0.05, 0) is 49.2 Å².